The van der Waals surface area contributed by atoms with E-state index in [1.54, 1.807) is 12.3 Å². The second kappa shape index (κ2) is 8.92. The van der Waals surface area contributed by atoms with Crippen molar-refractivity contribution in [3.8, 4) is 0 Å². The first-order valence-electron chi connectivity index (χ1n) is 10.2. The largest absolute Gasteiger partial charge is 0.464 e. The van der Waals surface area contributed by atoms with Gasteiger partial charge in [0.2, 0.25) is 0 Å². The van der Waals surface area contributed by atoms with Crippen LogP contribution in [0.5, 0.6) is 0 Å². The van der Waals surface area contributed by atoms with Gasteiger partial charge in [0.1, 0.15) is 11.5 Å². The molecule has 6 heteroatoms. The lowest BCUT2D eigenvalue weighted by atomic mass is 10.1. The number of aryl methyl sites for hydroxylation is 2. The number of esters is 1. The van der Waals surface area contributed by atoms with Crippen LogP contribution in [0.3, 0.4) is 0 Å². The number of furan rings is 1. The number of anilines is 1. The van der Waals surface area contributed by atoms with Crippen molar-refractivity contribution in [1.82, 2.24) is 4.57 Å². The molecular weight excluding hydrogens is 390 g/mol. The molecule has 2 heterocycles. The Morgan fingerprint density at radius 2 is 1.97 bits per heavy atom. The van der Waals surface area contributed by atoms with E-state index in [2.05, 4.69) is 36.5 Å². The summed E-state index contributed by atoms with van der Waals surface area (Å²) in [6, 6.07) is 19.7. The lowest BCUT2D eigenvalue weighted by Crippen LogP contribution is -2.11. The number of hydrazone groups is 1. The van der Waals surface area contributed by atoms with Crippen LogP contribution in [0.2, 0.25) is 0 Å². The van der Waals surface area contributed by atoms with Gasteiger partial charge in [-0.3, -0.25) is 5.43 Å². The quantitative estimate of drug-likeness (QED) is 0.250. The van der Waals surface area contributed by atoms with Crippen LogP contribution in [0.1, 0.15) is 39.9 Å². The summed E-state index contributed by atoms with van der Waals surface area (Å²) in [7, 11) is 1.38. The summed E-state index contributed by atoms with van der Waals surface area (Å²) < 4.78 is 12.8. The zero-order valence-electron chi connectivity index (χ0n) is 17.9. The summed E-state index contributed by atoms with van der Waals surface area (Å²) in [5.41, 5.74) is 9.46. The summed E-state index contributed by atoms with van der Waals surface area (Å²) in [6.45, 7) is 4.71. The molecule has 0 spiro atoms. The molecule has 6 nitrogen and oxygen atoms in total. The van der Waals surface area contributed by atoms with Gasteiger partial charge in [-0.05, 0) is 30.0 Å². The summed E-state index contributed by atoms with van der Waals surface area (Å²) in [5, 5.41) is 4.37. The maximum Gasteiger partial charge on any atom is 0.354 e. The van der Waals surface area contributed by atoms with E-state index in [1.165, 1.54) is 12.7 Å². The van der Waals surface area contributed by atoms with Gasteiger partial charge in [0.15, 0.2) is 5.58 Å². The topological polar surface area (TPSA) is 68.8 Å². The number of fused-ring (bicyclic) bond motifs is 1. The number of hydrogen-bond acceptors (Lipinski definition) is 5. The molecule has 0 atom stereocenters. The summed E-state index contributed by atoms with van der Waals surface area (Å²) in [4.78, 5) is 12.3. The number of carbonyl (C=O) groups is 1. The van der Waals surface area contributed by atoms with E-state index in [0.717, 1.165) is 28.8 Å². The molecule has 0 fully saturated rings. The summed E-state index contributed by atoms with van der Waals surface area (Å²) in [5.74, 6) is 0.202. The minimum absolute atomic E-state index is 0.397. The second-order valence-electron chi connectivity index (χ2n) is 7.32. The van der Waals surface area contributed by atoms with Crippen molar-refractivity contribution in [2.24, 2.45) is 5.10 Å². The van der Waals surface area contributed by atoms with E-state index in [1.807, 2.05) is 47.0 Å². The first-order valence-corrected chi connectivity index (χ1v) is 10.2. The van der Waals surface area contributed by atoms with Gasteiger partial charge in [0.05, 0.1) is 24.5 Å². The third-order valence-electron chi connectivity index (χ3n) is 5.29. The third kappa shape index (κ3) is 4.23. The van der Waals surface area contributed by atoms with Crippen molar-refractivity contribution in [3.05, 3.63) is 88.8 Å². The smallest absolute Gasteiger partial charge is 0.354 e. The number of rotatable bonds is 7. The molecule has 4 aromatic rings. The molecule has 0 radical (unpaired) electrons. The average molecular weight is 415 g/mol. The summed E-state index contributed by atoms with van der Waals surface area (Å²) >= 11 is 0. The third-order valence-corrected chi connectivity index (χ3v) is 5.29. The Bertz CT molecular complexity index is 1240. The lowest BCUT2D eigenvalue weighted by Gasteiger charge is -2.09. The summed E-state index contributed by atoms with van der Waals surface area (Å²) in [6.07, 6.45) is 2.57. The van der Waals surface area contributed by atoms with E-state index in [9.17, 15) is 4.79 Å². The van der Waals surface area contributed by atoms with Gasteiger partial charge in [-0.2, -0.15) is 5.10 Å². The van der Waals surface area contributed by atoms with Gasteiger partial charge in [-0.15, -0.1) is 0 Å². The van der Waals surface area contributed by atoms with Gasteiger partial charge in [-0.1, -0.05) is 55.5 Å². The SMILES string of the molecule is CCc1cccc(C)c1N/N=C/c1cc2c(cc(C(=O)OC)n2Cc2ccccc2)o1. The molecule has 158 valence electrons. The number of nitrogens with one attached hydrogen (secondary N) is 1. The standard InChI is InChI=1S/C25H25N3O3/c1-4-19-12-8-9-17(2)24(19)27-26-15-20-13-21-23(31-20)14-22(25(29)30-3)28(21)16-18-10-6-5-7-11-18/h5-15,27H,4,16H2,1-3H3/b26-15+. The van der Waals surface area contributed by atoms with Gasteiger partial charge >= 0.3 is 5.97 Å². The number of aromatic nitrogens is 1. The van der Waals surface area contributed by atoms with Crippen molar-refractivity contribution in [2.45, 2.75) is 26.8 Å². The number of hydrogen-bond donors (Lipinski definition) is 1. The number of ether oxygens (including phenoxy) is 1. The van der Waals surface area contributed by atoms with E-state index in [4.69, 9.17) is 9.15 Å². The molecule has 0 unspecified atom stereocenters. The second-order valence-corrected chi connectivity index (χ2v) is 7.32. The van der Waals surface area contributed by atoms with Crippen LogP contribution in [-0.4, -0.2) is 23.9 Å². The molecule has 0 amide bonds. The highest BCUT2D eigenvalue weighted by molar-refractivity contribution is 5.95. The van der Waals surface area contributed by atoms with Crippen molar-refractivity contribution in [3.63, 3.8) is 0 Å². The van der Waals surface area contributed by atoms with Crippen LogP contribution in [0.25, 0.3) is 11.1 Å². The van der Waals surface area contributed by atoms with Gasteiger partial charge in [0, 0.05) is 18.7 Å². The van der Waals surface area contributed by atoms with E-state index < -0.39 is 5.97 Å². The highest BCUT2D eigenvalue weighted by atomic mass is 16.5. The van der Waals surface area contributed by atoms with E-state index >= 15 is 0 Å². The zero-order chi connectivity index (χ0) is 21.8. The minimum Gasteiger partial charge on any atom is -0.464 e. The number of benzene rings is 2. The molecule has 0 aliphatic heterocycles. The average Bonchev–Trinajstić information content (AvgIpc) is 3.33. The van der Waals surface area contributed by atoms with Crippen LogP contribution in [0, 0.1) is 6.92 Å². The predicted octanol–water partition coefficient (Wildman–Crippen LogP) is 5.39. The molecule has 0 aliphatic rings. The van der Waals surface area contributed by atoms with E-state index in [-0.39, 0.29) is 0 Å². The van der Waals surface area contributed by atoms with Gasteiger partial charge in [0.25, 0.3) is 0 Å². The molecule has 0 bridgehead atoms. The zero-order valence-corrected chi connectivity index (χ0v) is 17.9. The maximum atomic E-state index is 12.3. The first-order chi connectivity index (χ1) is 15.1. The monoisotopic (exact) mass is 415 g/mol. The predicted molar refractivity (Wildman–Crippen MR) is 123 cm³/mol. The molecule has 2 aromatic carbocycles. The van der Waals surface area contributed by atoms with Crippen molar-refractivity contribution in [2.75, 3.05) is 12.5 Å². The molecule has 2 aromatic heterocycles. The van der Waals surface area contributed by atoms with Crippen LogP contribution in [0.4, 0.5) is 5.69 Å². The van der Waals surface area contributed by atoms with Crippen LogP contribution in [-0.2, 0) is 17.7 Å². The lowest BCUT2D eigenvalue weighted by molar-refractivity contribution is 0.0589. The van der Waals surface area contributed by atoms with E-state index in [0.29, 0.717) is 23.6 Å². The molecule has 31 heavy (non-hydrogen) atoms. The Hall–Kier alpha value is -3.80. The number of methoxy groups -OCH3 is 1. The Balaban J connectivity index is 1.64. The minimum atomic E-state index is -0.397. The Kier molecular flexibility index (Phi) is 5.89. The van der Waals surface area contributed by atoms with Crippen molar-refractivity contribution in [1.29, 1.82) is 0 Å². The molecular formula is C25H25N3O3. The molecule has 0 saturated heterocycles. The maximum absolute atomic E-state index is 12.3. The highest BCUT2D eigenvalue weighted by Gasteiger charge is 2.19. The van der Waals surface area contributed by atoms with Crippen molar-refractivity contribution >= 4 is 29.0 Å². The van der Waals surface area contributed by atoms with Gasteiger partial charge < -0.3 is 13.7 Å². The fourth-order valence-electron chi connectivity index (χ4n) is 3.68. The molecule has 4 rings (SSSR count). The number of nitrogens with zero attached hydrogens (tertiary/aromatic N) is 2. The van der Waals surface area contributed by atoms with Gasteiger partial charge in [-0.25, -0.2) is 4.79 Å². The highest BCUT2D eigenvalue weighted by Crippen LogP contribution is 2.26. The fraction of sp³-hybridized carbons (Fsp3) is 0.200. The molecule has 0 aliphatic carbocycles. The van der Waals surface area contributed by atoms with Crippen LogP contribution in [0.15, 0.2) is 70.2 Å². The van der Waals surface area contributed by atoms with Crippen LogP contribution < -0.4 is 5.43 Å². The van der Waals surface area contributed by atoms with Crippen LogP contribution >= 0.6 is 0 Å². The van der Waals surface area contributed by atoms with Crippen molar-refractivity contribution < 1.29 is 13.9 Å². The molecule has 1 N–H and O–H groups in total. The Morgan fingerprint density at radius 3 is 2.71 bits per heavy atom. The Morgan fingerprint density at radius 1 is 1.16 bits per heavy atom. The number of carbonyl (C=O) groups excluding carboxylic acids is 1. The Labute approximate surface area is 181 Å². The fourth-order valence-corrected chi connectivity index (χ4v) is 3.68. The first kappa shape index (κ1) is 20.5. The number of para-hydroxylation sites is 1. The molecule has 0 saturated carbocycles. The normalized spacial score (nSPS) is 11.3.